The van der Waals surface area contributed by atoms with Crippen LogP contribution >= 0.6 is 6.42 Å². The fourth-order valence-corrected chi connectivity index (χ4v) is 2.04. The highest BCUT2D eigenvalue weighted by molar-refractivity contribution is 8.11. The van der Waals surface area contributed by atoms with E-state index in [4.69, 9.17) is 16.3 Å². The first-order valence-electron chi connectivity index (χ1n) is 4.29. The second-order valence-corrected chi connectivity index (χ2v) is 7.12. The Morgan fingerprint density at radius 1 is 1.60 bits per heavy atom. The molecule has 1 aromatic heterocycles. The van der Waals surface area contributed by atoms with Crippen LogP contribution in [0.4, 0.5) is 8.78 Å². The summed E-state index contributed by atoms with van der Waals surface area (Å²) in [5.41, 5.74) is 0. The van der Waals surface area contributed by atoms with Crippen molar-refractivity contribution in [2.24, 2.45) is 0 Å². The van der Waals surface area contributed by atoms with Gasteiger partial charge in [0.25, 0.3) is 5.88 Å². The van der Waals surface area contributed by atoms with E-state index in [1.165, 1.54) is 0 Å². The lowest BCUT2D eigenvalue weighted by molar-refractivity contribution is 0.487. The van der Waals surface area contributed by atoms with E-state index in [0.717, 1.165) is 6.20 Å². The Bertz CT molecular complexity index is 394. The highest BCUT2D eigenvalue weighted by atomic mass is 32.4. The van der Waals surface area contributed by atoms with Crippen molar-refractivity contribution in [3.8, 4) is 5.88 Å². The van der Waals surface area contributed by atoms with E-state index < -0.39 is 18.0 Å². The average Bonchev–Trinajstić information content (AvgIpc) is 2.22. The topological polar surface area (TPSA) is 34.1 Å². The van der Waals surface area contributed by atoms with E-state index >= 15 is 0 Å². The van der Waals surface area contributed by atoms with Crippen molar-refractivity contribution in [1.82, 2.24) is 10.1 Å². The summed E-state index contributed by atoms with van der Waals surface area (Å²) in [6, 6.07) is 0.716. The number of pyridine rings is 1. The largest absolute Gasteiger partial charge is 0.433 e. The Balaban J connectivity index is 2.94. The first kappa shape index (κ1) is 12.5. The molecule has 0 aliphatic rings. The van der Waals surface area contributed by atoms with Gasteiger partial charge in [-0.15, -0.1) is 0 Å². The SMILES string of the molecule is CCP(=S)(NC)Oc1ncc(F)cc1F. The molecule has 0 bridgehead atoms. The number of nitrogens with zero attached hydrogens (tertiary/aromatic N) is 1. The quantitative estimate of drug-likeness (QED) is 0.834. The molecule has 0 aliphatic heterocycles. The molecule has 3 nitrogen and oxygen atoms in total. The van der Waals surface area contributed by atoms with Gasteiger partial charge in [0.05, 0.1) is 6.20 Å². The number of aromatic nitrogens is 1. The predicted octanol–water partition coefficient (Wildman–Crippen LogP) is 2.29. The van der Waals surface area contributed by atoms with Crippen molar-refractivity contribution < 1.29 is 13.3 Å². The maximum absolute atomic E-state index is 13.2. The maximum Gasteiger partial charge on any atom is 0.254 e. The molecule has 1 aromatic rings. The summed E-state index contributed by atoms with van der Waals surface area (Å²) < 4.78 is 31.0. The molecule has 0 aromatic carbocycles. The van der Waals surface area contributed by atoms with Gasteiger partial charge in [0.2, 0.25) is 0 Å². The minimum atomic E-state index is -2.29. The van der Waals surface area contributed by atoms with E-state index in [1.807, 2.05) is 6.92 Å². The van der Waals surface area contributed by atoms with Gasteiger partial charge in [0.1, 0.15) is 5.82 Å². The summed E-state index contributed by atoms with van der Waals surface area (Å²) in [7, 11) is 1.64. The van der Waals surface area contributed by atoms with Gasteiger partial charge >= 0.3 is 0 Å². The monoisotopic (exact) mass is 252 g/mol. The number of rotatable bonds is 4. The predicted molar refractivity (Wildman–Crippen MR) is 58.7 cm³/mol. The second-order valence-electron chi connectivity index (χ2n) is 2.75. The number of halogens is 2. The molecule has 1 N–H and O–H groups in total. The lowest BCUT2D eigenvalue weighted by atomic mass is 10.4. The molecule has 0 amide bonds. The van der Waals surface area contributed by atoms with Gasteiger partial charge in [-0.2, -0.15) is 0 Å². The van der Waals surface area contributed by atoms with Crippen LogP contribution in [0.5, 0.6) is 5.88 Å². The van der Waals surface area contributed by atoms with Gasteiger partial charge in [0.15, 0.2) is 12.2 Å². The van der Waals surface area contributed by atoms with Crippen molar-refractivity contribution in [1.29, 1.82) is 0 Å². The first-order valence-corrected chi connectivity index (χ1v) is 7.20. The zero-order valence-electron chi connectivity index (χ0n) is 8.33. The van der Waals surface area contributed by atoms with E-state index in [9.17, 15) is 8.78 Å². The molecule has 0 aliphatic carbocycles. The molecule has 84 valence electrons. The van der Waals surface area contributed by atoms with Crippen molar-refractivity contribution in [2.45, 2.75) is 6.92 Å². The molecule has 1 rings (SSSR count). The summed E-state index contributed by atoms with van der Waals surface area (Å²) in [6.07, 6.45) is -0.842. The molecule has 0 fully saturated rings. The molecule has 1 heterocycles. The lowest BCUT2D eigenvalue weighted by Crippen LogP contribution is -2.11. The molecule has 1 atom stereocenters. The third kappa shape index (κ3) is 3.19. The zero-order chi connectivity index (χ0) is 11.5. The Labute approximate surface area is 92.0 Å². The van der Waals surface area contributed by atoms with Crippen LogP contribution in [-0.2, 0) is 11.8 Å². The summed E-state index contributed by atoms with van der Waals surface area (Å²) >= 11 is 5.16. The van der Waals surface area contributed by atoms with Gasteiger partial charge in [-0.25, -0.2) is 13.8 Å². The van der Waals surface area contributed by atoms with E-state index in [2.05, 4.69) is 10.1 Å². The standard InChI is InChI=1S/C8H11F2N2OPS/c1-3-14(15,11-2)13-8-7(10)4-6(9)5-12-8/h4-5H,3H2,1-2H3,(H,11,15). The summed E-state index contributed by atoms with van der Waals surface area (Å²) in [6.45, 7) is 1.83. The summed E-state index contributed by atoms with van der Waals surface area (Å²) in [4.78, 5) is 3.51. The Kier molecular flexibility index (Phi) is 4.13. The third-order valence-corrected chi connectivity index (χ3v) is 5.29. The first-order chi connectivity index (χ1) is 7.00. The van der Waals surface area contributed by atoms with Gasteiger partial charge in [-0.3, -0.25) is 5.09 Å². The highest BCUT2D eigenvalue weighted by Gasteiger charge is 2.17. The van der Waals surface area contributed by atoms with Crippen LogP contribution in [0.3, 0.4) is 0 Å². The minimum absolute atomic E-state index is 0.254. The van der Waals surface area contributed by atoms with Gasteiger partial charge in [-0.1, -0.05) is 6.92 Å². The molecule has 7 heteroatoms. The van der Waals surface area contributed by atoms with Gasteiger partial charge in [0, 0.05) is 12.2 Å². The summed E-state index contributed by atoms with van der Waals surface area (Å²) in [5.74, 6) is -1.84. The van der Waals surface area contributed by atoms with Crippen molar-refractivity contribution in [3.05, 3.63) is 23.9 Å². The molecule has 0 radical (unpaired) electrons. The Hall–Kier alpha value is -0.580. The van der Waals surface area contributed by atoms with Crippen LogP contribution in [0.15, 0.2) is 12.3 Å². The lowest BCUT2D eigenvalue weighted by Gasteiger charge is -2.19. The zero-order valence-corrected chi connectivity index (χ0v) is 10.0. The number of hydrogen-bond acceptors (Lipinski definition) is 3. The molecular weight excluding hydrogens is 241 g/mol. The van der Waals surface area contributed by atoms with Gasteiger partial charge < -0.3 is 4.52 Å². The van der Waals surface area contributed by atoms with Crippen LogP contribution in [0, 0.1) is 11.6 Å². The smallest absolute Gasteiger partial charge is 0.254 e. The van der Waals surface area contributed by atoms with Crippen molar-refractivity contribution in [3.63, 3.8) is 0 Å². The molecule has 0 spiro atoms. The van der Waals surface area contributed by atoms with Crippen molar-refractivity contribution in [2.75, 3.05) is 13.2 Å². The molecular formula is C8H11F2N2OPS. The second kappa shape index (κ2) is 4.96. The Morgan fingerprint density at radius 3 is 2.73 bits per heavy atom. The molecule has 1 unspecified atom stereocenters. The summed E-state index contributed by atoms with van der Waals surface area (Å²) in [5, 5.41) is 2.82. The normalized spacial score (nSPS) is 14.7. The number of hydrogen-bond donors (Lipinski definition) is 1. The van der Waals surface area contributed by atoms with Gasteiger partial charge in [-0.05, 0) is 18.9 Å². The maximum atomic E-state index is 13.2. The van der Waals surface area contributed by atoms with Crippen LogP contribution in [0.1, 0.15) is 6.92 Å². The van der Waals surface area contributed by atoms with E-state index in [-0.39, 0.29) is 5.88 Å². The number of nitrogens with one attached hydrogen (secondary N) is 1. The molecule has 15 heavy (non-hydrogen) atoms. The van der Waals surface area contributed by atoms with E-state index in [1.54, 1.807) is 7.05 Å². The fourth-order valence-electron chi connectivity index (χ4n) is 0.877. The van der Waals surface area contributed by atoms with Crippen LogP contribution < -0.4 is 9.61 Å². The van der Waals surface area contributed by atoms with Crippen LogP contribution in [0.2, 0.25) is 0 Å². The minimum Gasteiger partial charge on any atom is -0.433 e. The van der Waals surface area contributed by atoms with Crippen LogP contribution in [-0.4, -0.2) is 18.2 Å². The Morgan fingerprint density at radius 2 is 2.27 bits per heavy atom. The molecule has 0 saturated carbocycles. The average molecular weight is 252 g/mol. The highest BCUT2D eigenvalue weighted by Crippen LogP contribution is 2.42. The molecule has 0 saturated heterocycles. The van der Waals surface area contributed by atoms with Crippen LogP contribution in [0.25, 0.3) is 0 Å². The fraction of sp³-hybridized carbons (Fsp3) is 0.375. The van der Waals surface area contributed by atoms with Crippen molar-refractivity contribution >= 4 is 18.2 Å². The van der Waals surface area contributed by atoms with E-state index in [0.29, 0.717) is 12.2 Å². The third-order valence-electron chi connectivity index (χ3n) is 1.76.